The maximum atomic E-state index is 12.6. The minimum atomic E-state index is -0.388. The monoisotopic (exact) mass is 388 g/mol. The van der Waals surface area contributed by atoms with Crippen LogP contribution >= 0.6 is 0 Å². The van der Waals surface area contributed by atoms with E-state index >= 15 is 0 Å². The third-order valence-electron chi connectivity index (χ3n) is 4.18. The summed E-state index contributed by atoms with van der Waals surface area (Å²) in [4.78, 5) is 43.8. The molecule has 29 heavy (non-hydrogen) atoms. The van der Waals surface area contributed by atoms with Gasteiger partial charge in [-0.05, 0) is 69.3 Å². The van der Waals surface area contributed by atoms with Crippen LogP contribution in [-0.2, 0) is 0 Å². The summed E-state index contributed by atoms with van der Waals surface area (Å²) in [6.45, 7) is 4.69. The van der Waals surface area contributed by atoms with Gasteiger partial charge < -0.3 is 10.6 Å². The fourth-order valence-electron chi connectivity index (χ4n) is 2.67. The van der Waals surface area contributed by atoms with Crippen molar-refractivity contribution >= 4 is 34.7 Å². The molecule has 0 atom stereocenters. The average Bonchev–Trinajstić information content (AvgIpc) is 2.68. The van der Waals surface area contributed by atoms with E-state index < -0.39 is 0 Å². The zero-order valence-corrected chi connectivity index (χ0v) is 16.3. The predicted molar refractivity (Wildman–Crippen MR) is 111 cm³/mol. The molecule has 1 amide bonds. The number of carbonyl (C=O) groups excluding carboxylic acids is 3. The van der Waals surface area contributed by atoms with Gasteiger partial charge in [-0.2, -0.15) is 0 Å². The number of Topliss-reactive ketones (excluding diaryl/α,β-unsaturated/α-hetero) is 2. The molecule has 7 nitrogen and oxygen atoms in total. The van der Waals surface area contributed by atoms with Crippen molar-refractivity contribution in [2.45, 2.75) is 20.8 Å². The van der Waals surface area contributed by atoms with E-state index in [0.717, 1.165) is 5.69 Å². The summed E-state index contributed by atoms with van der Waals surface area (Å²) < 4.78 is 0. The second-order valence-electron chi connectivity index (χ2n) is 6.53. The van der Waals surface area contributed by atoms with Crippen molar-refractivity contribution in [3.63, 3.8) is 0 Å². The number of amides is 1. The molecule has 0 saturated carbocycles. The van der Waals surface area contributed by atoms with Crippen LogP contribution in [0, 0.1) is 6.92 Å². The van der Waals surface area contributed by atoms with Crippen molar-refractivity contribution < 1.29 is 14.4 Å². The van der Waals surface area contributed by atoms with Gasteiger partial charge in [0.25, 0.3) is 5.91 Å². The summed E-state index contributed by atoms with van der Waals surface area (Å²) in [5.74, 6) is 0.463. The lowest BCUT2D eigenvalue weighted by atomic mass is 10.1. The maximum absolute atomic E-state index is 12.6. The Morgan fingerprint density at radius 1 is 0.759 bits per heavy atom. The van der Waals surface area contributed by atoms with E-state index in [2.05, 4.69) is 20.6 Å². The fourth-order valence-corrected chi connectivity index (χ4v) is 2.67. The normalized spacial score (nSPS) is 10.3. The summed E-state index contributed by atoms with van der Waals surface area (Å²) in [5.41, 5.74) is 2.69. The molecule has 0 aliphatic rings. The maximum Gasteiger partial charge on any atom is 0.274 e. The van der Waals surface area contributed by atoms with Gasteiger partial charge in [-0.15, -0.1) is 0 Å². The van der Waals surface area contributed by atoms with Crippen LogP contribution in [0.3, 0.4) is 0 Å². The quantitative estimate of drug-likeness (QED) is 0.614. The van der Waals surface area contributed by atoms with Crippen molar-refractivity contribution in [3.8, 4) is 0 Å². The van der Waals surface area contributed by atoms with Crippen molar-refractivity contribution in [1.82, 2.24) is 9.97 Å². The van der Waals surface area contributed by atoms with Crippen molar-refractivity contribution in [1.29, 1.82) is 0 Å². The zero-order valence-electron chi connectivity index (χ0n) is 16.3. The van der Waals surface area contributed by atoms with E-state index in [4.69, 9.17) is 0 Å². The molecule has 3 aromatic rings. The minimum absolute atomic E-state index is 0.00952. The number of nitrogens with zero attached hydrogens (tertiary/aromatic N) is 2. The molecule has 0 unspecified atom stereocenters. The van der Waals surface area contributed by atoms with Gasteiger partial charge in [-0.25, -0.2) is 9.97 Å². The van der Waals surface area contributed by atoms with Crippen LogP contribution in [0.15, 0.2) is 54.6 Å². The van der Waals surface area contributed by atoms with Gasteiger partial charge in [0.1, 0.15) is 17.3 Å². The van der Waals surface area contributed by atoms with Gasteiger partial charge >= 0.3 is 0 Å². The summed E-state index contributed by atoms with van der Waals surface area (Å²) in [6, 6.07) is 15.2. The van der Waals surface area contributed by atoms with E-state index in [-0.39, 0.29) is 23.2 Å². The highest BCUT2D eigenvalue weighted by Crippen LogP contribution is 2.18. The second kappa shape index (κ2) is 8.43. The molecule has 0 fully saturated rings. The Kier molecular flexibility index (Phi) is 5.78. The smallest absolute Gasteiger partial charge is 0.274 e. The molecule has 1 heterocycles. The number of rotatable bonds is 6. The third kappa shape index (κ3) is 5.10. The lowest BCUT2D eigenvalue weighted by molar-refractivity contribution is 0.100. The average molecular weight is 388 g/mol. The number of aromatic nitrogens is 2. The fraction of sp³-hybridized carbons (Fsp3) is 0.136. The molecular weight excluding hydrogens is 368 g/mol. The van der Waals surface area contributed by atoms with Crippen molar-refractivity contribution in [2.75, 3.05) is 10.6 Å². The number of hydrogen-bond acceptors (Lipinski definition) is 6. The molecule has 7 heteroatoms. The lowest BCUT2D eigenvalue weighted by Crippen LogP contribution is -2.15. The van der Waals surface area contributed by atoms with Gasteiger partial charge in [-0.3, -0.25) is 14.4 Å². The summed E-state index contributed by atoms with van der Waals surface area (Å²) in [5, 5.41) is 5.87. The van der Waals surface area contributed by atoms with E-state index in [1.165, 1.54) is 13.8 Å². The molecule has 2 aromatic carbocycles. The van der Waals surface area contributed by atoms with Gasteiger partial charge in [-0.1, -0.05) is 0 Å². The Morgan fingerprint density at radius 3 is 1.79 bits per heavy atom. The summed E-state index contributed by atoms with van der Waals surface area (Å²) in [6.07, 6.45) is 0. The number of carbonyl (C=O) groups is 3. The highest BCUT2D eigenvalue weighted by atomic mass is 16.2. The van der Waals surface area contributed by atoms with Gasteiger partial charge in [0, 0.05) is 28.6 Å². The minimum Gasteiger partial charge on any atom is -0.340 e. The van der Waals surface area contributed by atoms with Crippen LogP contribution in [0.5, 0.6) is 0 Å². The Labute approximate surface area is 168 Å². The van der Waals surface area contributed by atoms with E-state index in [1.54, 1.807) is 61.5 Å². The Morgan fingerprint density at radius 2 is 1.28 bits per heavy atom. The third-order valence-corrected chi connectivity index (χ3v) is 4.18. The number of anilines is 3. The van der Waals surface area contributed by atoms with E-state index in [1.807, 2.05) is 0 Å². The first-order chi connectivity index (χ1) is 13.8. The van der Waals surface area contributed by atoms with Gasteiger partial charge in [0.05, 0.1) is 0 Å². The van der Waals surface area contributed by atoms with Crippen LogP contribution < -0.4 is 10.6 Å². The van der Waals surface area contributed by atoms with Crippen molar-refractivity contribution in [3.05, 3.63) is 77.2 Å². The standard InChI is InChI=1S/C22H20N4O3/c1-13(27)16-4-8-18(9-5-16)25-21-12-20(23-15(3)24-21)22(29)26-19-10-6-17(7-11-19)14(2)28/h4-12H,1-3H3,(H,26,29)(H,23,24,25). The molecular formula is C22H20N4O3. The molecule has 0 aliphatic heterocycles. The van der Waals surface area contributed by atoms with Crippen LogP contribution in [0.25, 0.3) is 0 Å². The number of ketones is 2. The van der Waals surface area contributed by atoms with Gasteiger partial charge in [0.15, 0.2) is 11.6 Å². The van der Waals surface area contributed by atoms with Crippen LogP contribution in [0.2, 0.25) is 0 Å². The van der Waals surface area contributed by atoms with Crippen LogP contribution in [-0.4, -0.2) is 27.4 Å². The second-order valence-corrected chi connectivity index (χ2v) is 6.53. The Balaban J connectivity index is 1.76. The number of aryl methyl sites for hydroxylation is 1. The first-order valence-electron chi connectivity index (χ1n) is 8.98. The van der Waals surface area contributed by atoms with Crippen LogP contribution in [0.1, 0.15) is 50.9 Å². The zero-order chi connectivity index (χ0) is 21.0. The molecule has 0 radical (unpaired) electrons. The Bertz CT molecular complexity index is 1070. The molecule has 2 N–H and O–H groups in total. The van der Waals surface area contributed by atoms with E-state index in [0.29, 0.717) is 28.5 Å². The molecule has 3 rings (SSSR count). The number of hydrogen-bond donors (Lipinski definition) is 2. The predicted octanol–water partition coefficient (Wildman–Crippen LogP) is 4.19. The van der Waals surface area contributed by atoms with Crippen molar-refractivity contribution in [2.24, 2.45) is 0 Å². The van der Waals surface area contributed by atoms with E-state index in [9.17, 15) is 14.4 Å². The lowest BCUT2D eigenvalue weighted by Gasteiger charge is -2.10. The highest BCUT2D eigenvalue weighted by Gasteiger charge is 2.12. The molecule has 0 aliphatic carbocycles. The van der Waals surface area contributed by atoms with Gasteiger partial charge in [0.2, 0.25) is 0 Å². The first-order valence-corrected chi connectivity index (χ1v) is 8.98. The Hall–Kier alpha value is -3.87. The first kappa shape index (κ1) is 19.9. The molecule has 0 bridgehead atoms. The molecule has 0 spiro atoms. The molecule has 146 valence electrons. The SMILES string of the molecule is CC(=O)c1ccc(NC(=O)c2cc(Nc3ccc(C(C)=O)cc3)nc(C)n2)cc1. The highest BCUT2D eigenvalue weighted by molar-refractivity contribution is 6.03. The summed E-state index contributed by atoms with van der Waals surface area (Å²) >= 11 is 0. The largest absolute Gasteiger partial charge is 0.340 e. The summed E-state index contributed by atoms with van der Waals surface area (Å²) in [7, 11) is 0. The number of nitrogens with one attached hydrogen (secondary N) is 2. The molecule has 0 saturated heterocycles. The topological polar surface area (TPSA) is 101 Å². The van der Waals surface area contributed by atoms with Crippen LogP contribution in [0.4, 0.5) is 17.2 Å². The molecule has 1 aromatic heterocycles. The number of benzene rings is 2.